The van der Waals surface area contributed by atoms with Gasteiger partial charge in [-0.25, -0.2) is 4.79 Å². The quantitative estimate of drug-likeness (QED) is 0.877. The highest BCUT2D eigenvalue weighted by molar-refractivity contribution is 5.74. The van der Waals surface area contributed by atoms with E-state index < -0.39 is 0 Å². The van der Waals surface area contributed by atoms with E-state index in [9.17, 15) is 4.79 Å². The van der Waals surface area contributed by atoms with Gasteiger partial charge in [-0.15, -0.1) is 0 Å². The summed E-state index contributed by atoms with van der Waals surface area (Å²) in [4.78, 5) is 17.0. The molecule has 144 valence electrons. The molecule has 5 nitrogen and oxygen atoms in total. The van der Waals surface area contributed by atoms with Crippen LogP contribution in [-0.4, -0.2) is 62.2 Å². The van der Waals surface area contributed by atoms with E-state index in [1.165, 1.54) is 31.5 Å². The molecular weight excluding hydrogens is 326 g/mol. The molecule has 0 bridgehead atoms. The number of benzene rings is 1. The predicted octanol–water partition coefficient (Wildman–Crippen LogP) is 3.32. The van der Waals surface area contributed by atoms with Crippen molar-refractivity contribution in [2.24, 2.45) is 5.92 Å². The monoisotopic (exact) mass is 359 g/mol. The lowest BCUT2D eigenvalue weighted by Crippen LogP contribution is -2.46. The summed E-state index contributed by atoms with van der Waals surface area (Å²) < 4.78 is 5.50. The first-order valence-corrected chi connectivity index (χ1v) is 10.1. The first-order valence-electron chi connectivity index (χ1n) is 10.1. The molecule has 1 aromatic rings. The van der Waals surface area contributed by atoms with Gasteiger partial charge in [0.05, 0.1) is 7.11 Å². The van der Waals surface area contributed by atoms with E-state index in [1.54, 1.807) is 7.11 Å². The number of rotatable bonds is 5. The van der Waals surface area contributed by atoms with E-state index in [0.717, 1.165) is 44.8 Å². The summed E-state index contributed by atoms with van der Waals surface area (Å²) in [5, 5.41) is 3.18. The molecule has 0 aromatic heterocycles. The van der Waals surface area contributed by atoms with Crippen LogP contribution >= 0.6 is 0 Å². The molecule has 0 radical (unpaired) electrons. The van der Waals surface area contributed by atoms with Crippen LogP contribution in [0.1, 0.15) is 44.1 Å². The molecule has 3 rings (SSSR count). The predicted molar refractivity (Wildman–Crippen MR) is 105 cm³/mol. The van der Waals surface area contributed by atoms with Crippen molar-refractivity contribution >= 4 is 6.03 Å². The average Bonchev–Trinajstić information content (AvgIpc) is 2.72. The first kappa shape index (κ1) is 19.0. The lowest BCUT2D eigenvalue weighted by Gasteiger charge is -2.34. The Morgan fingerprint density at radius 1 is 1.12 bits per heavy atom. The Morgan fingerprint density at radius 2 is 1.81 bits per heavy atom. The minimum Gasteiger partial charge on any atom is -0.496 e. The summed E-state index contributed by atoms with van der Waals surface area (Å²) in [6, 6.07) is 8.37. The zero-order valence-electron chi connectivity index (χ0n) is 16.2. The van der Waals surface area contributed by atoms with Crippen LogP contribution in [0.25, 0.3) is 0 Å². The van der Waals surface area contributed by atoms with Gasteiger partial charge in [-0.05, 0) is 68.8 Å². The maximum Gasteiger partial charge on any atom is 0.317 e. The summed E-state index contributed by atoms with van der Waals surface area (Å²) >= 11 is 0. The SMILES string of the molecule is CCN1CCC(CNC(=O)N2CCC(c3ccccc3OC)CC2)CC1. The second-order valence-electron chi connectivity index (χ2n) is 7.57. The van der Waals surface area contributed by atoms with Crippen molar-refractivity contribution in [2.45, 2.75) is 38.5 Å². The molecule has 0 aliphatic carbocycles. The molecule has 26 heavy (non-hydrogen) atoms. The second kappa shape index (κ2) is 9.26. The third-order valence-electron chi connectivity index (χ3n) is 6.06. The number of nitrogens with zero attached hydrogens (tertiary/aromatic N) is 2. The minimum absolute atomic E-state index is 0.112. The molecule has 2 fully saturated rings. The zero-order valence-corrected chi connectivity index (χ0v) is 16.2. The number of piperidine rings is 2. The molecule has 2 saturated heterocycles. The normalized spacial score (nSPS) is 20.2. The van der Waals surface area contributed by atoms with Gasteiger partial charge in [-0.2, -0.15) is 0 Å². The summed E-state index contributed by atoms with van der Waals surface area (Å²) in [6.45, 7) is 8.16. The van der Waals surface area contributed by atoms with Crippen molar-refractivity contribution in [3.63, 3.8) is 0 Å². The van der Waals surface area contributed by atoms with Crippen molar-refractivity contribution in [3.05, 3.63) is 29.8 Å². The van der Waals surface area contributed by atoms with Gasteiger partial charge in [0, 0.05) is 19.6 Å². The molecule has 2 amide bonds. The fourth-order valence-corrected chi connectivity index (χ4v) is 4.25. The van der Waals surface area contributed by atoms with Crippen molar-refractivity contribution < 1.29 is 9.53 Å². The van der Waals surface area contributed by atoms with E-state index in [4.69, 9.17) is 4.74 Å². The highest BCUT2D eigenvalue weighted by atomic mass is 16.5. The molecular formula is C21H33N3O2. The van der Waals surface area contributed by atoms with Crippen LogP contribution in [0.4, 0.5) is 4.79 Å². The first-order chi connectivity index (χ1) is 12.7. The Hall–Kier alpha value is -1.75. The number of urea groups is 1. The molecule has 0 unspecified atom stereocenters. The van der Waals surface area contributed by atoms with Crippen LogP contribution in [0.2, 0.25) is 0 Å². The second-order valence-corrected chi connectivity index (χ2v) is 7.57. The maximum absolute atomic E-state index is 12.5. The third kappa shape index (κ3) is 4.70. The van der Waals surface area contributed by atoms with Gasteiger partial charge in [0.15, 0.2) is 0 Å². The van der Waals surface area contributed by atoms with E-state index in [-0.39, 0.29) is 6.03 Å². The number of methoxy groups -OCH3 is 1. The number of hydrogen-bond donors (Lipinski definition) is 1. The van der Waals surface area contributed by atoms with Gasteiger partial charge in [0.2, 0.25) is 0 Å². The summed E-state index contributed by atoms with van der Waals surface area (Å²) in [7, 11) is 1.73. The zero-order chi connectivity index (χ0) is 18.4. The fraction of sp³-hybridized carbons (Fsp3) is 0.667. The van der Waals surface area contributed by atoms with Gasteiger partial charge < -0.3 is 19.9 Å². The van der Waals surface area contributed by atoms with Crippen LogP contribution < -0.4 is 10.1 Å². The van der Waals surface area contributed by atoms with Gasteiger partial charge in [0.25, 0.3) is 0 Å². The summed E-state index contributed by atoms with van der Waals surface area (Å²) in [5.41, 5.74) is 1.28. The Bertz CT molecular complexity index is 576. The number of carbonyl (C=O) groups is 1. The molecule has 0 spiro atoms. The van der Waals surface area contributed by atoms with Crippen molar-refractivity contribution in [1.29, 1.82) is 0 Å². The Labute approximate surface area is 157 Å². The molecule has 1 N–H and O–H groups in total. The van der Waals surface area contributed by atoms with E-state index in [2.05, 4.69) is 29.3 Å². The molecule has 0 atom stereocenters. The number of amides is 2. The smallest absolute Gasteiger partial charge is 0.317 e. The van der Waals surface area contributed by atoms with E-state index >= 15 is 0 Å². The lowest BCUT2D eigenvalue weighted by atomic mass is 9.89. The molecule has 2 aliphatic rings. The van der Waals surface area contributed by atoms with Crippen molar-refractivity contribution in [1.82, 2.24) is 15.1 Å². The minimum atomic E-state index is 0.112. The van der Waals surface area contributed by atoms with Crippen LogP contribution in [0.15, 0.2) is 24.3 Å². The van der Waals surface area contributed by atoms with Crippen LogP contribution in [0.5, 0.6) is 5.75 Å². The van der Waals surface area contributed by atoms with Gasteiger partial charge >= 0.3 is 6.03 Å². The highest BCUT2D eigenvalue weighted by Gasteiger charge is 2.26. The number of hydrogen-bond acceptors (Lipinski definition) is 3. The number of para-hydroxylation sites is 1. The Morgan fingerprint density at radius 3 is 2.46 bits per heavy atom. The molecule has 5 heteroatoms. The number of nitrogens with one attached hydrogen (secondary N) is 1. The van der Waals surface area contributed by atoms with Crippen LogP contribution in [-0.2, 0) is 0 Å². The Kier molecular flexibility index (Phi) is 6.78. The van der Waals surface area contributed by atoms with Crippen LogP contribution in [0.3, 0.4) is 0 Å². The maximum atomic E-state index is 12.5. The van der Waals surface area contributed by atoms with Crippen molar-refractivity contribution in [2.75, 3.05) is 46.4 Å². The number of likely N-dealkylation sites (tertiary alicyclic amines) is 2. The van der Waals surface area contributed by atoms with Gasteiger partial charge in [-0.1, -0.05) is 25.1 Å². The highest BCUT2D eigenvalue weighted by Crippen LogP contribution is 2.33. The van der Waals surface area contributed by atoms with Crippen molar-refractivity contribution in [3.8, 4) is 5.75 Å². The third-order valence-corrected chi connectivity index (χ3v) is 6.06. The summed E-state index contributed by atoms with van der Waals surface area (Å²) in [5.74, 6) is 2.08. The topological polar surface area (TPSA) is 44.8 Å². The molecule has 1 aromatic carbocycles. The largest absolute Gasteiger partial charge is 0.496 e. The Balaban J connectivity index is 1.42. The summed E-state index contributed by atoms with van der Waals surface area (Å²) in [6.07, 6.45) is 4.40. The van der Waals surface area contributed by atoms with E-state index in [1.807, 2.05) is 17.0 Å². The average molecular weight is 360 g/mol. The molecule has 2 heterocycles. The lowest BCUT2D eigenvalue weighted by molar-refractivity contribution is 0.168. The fourth-order valence-electron chi connectivity index (χ4n) is 4.25. The number of carbonyl (C=O) groups excluding carboxylic acids is 1. The van der Waals surface area contributed by atoms with Crippen LogP contribution in [0, 0.1) is 5.92 Å². The standard InChI is InChI=1S/C21H33N3O2/c1-3-23-12-8-17(9-13-23)16-22-21(25)24-14-10-18(11-15-24)19-6-4-5-7-20(19)26-2/h4-7,17-18H,3,8-16H2,1-2H3,(H,22,25). The van der Waals surface area contributed by atoms with Gasteiger partial charge in [-0.3, -0.25) is 0 Å². The number of ether oxygens (including phenoxy) is 1. The molecule has 2 aliphatic heterocycles. The van der Waals surface area contributed by atoms with E-state index in [0.29, 0.717) is 11.8 Å². The molecule has 0 saturated carbocycles. The van der Waals surface area contributed by atoms with Gasteiger partial charge in [0.1, 0.15) is 5.75 Å².